The van der Waals surface area contributed by atoms with E-state index in [2.05, 4.69) is 35.8 Å². The Hall–Kier alpha value is -0.160. The number of hydrogen-bond donors (Lipinski definition) is 1. The molecule has 80 valence electrons. The van der Waals surface area contributed by atoms with Gasteiger partial charge in [0.25, 0.3) is 0 Å². The number of aliphatic hydroxyl groups excluding tert-OH is 1. The number of rotatable bonds is 2. The zero-order chi connectivity index (χ0) is 11.0. The van der Waals surface area contributed by atoms with Gasteiger partial charge in [-0.1, -0.05) is 0 Å². The van der Waals surface area contributed by atoms with E-state index in [1.54, 1.807) is 22.7 Å². The van der Waals surface area contributed by atoms with E-state index in [1.165, 1.54) is 10.4 Å². The van der Waals surface area contributed by atoms with Crippen molar-refractivity contribution in [2.75, 3.05) is 0 Å². The molecule has 0 aliphatic heterocycles. The summed E-state index contributed by atoms with van der Waals surface area (Å²) >= 11 is 6.69. The molecule has 1 unspecified atom stereocenters. The molecule has 2 rings (SSSR count). The van der Waals surface area contributed by atoms with Crippen LogP contribution in [0.4, 0.5) is 0 Å². The molecule has 0 aliphatic carbocycles. The molecule has 0 bridgehead atoms. The molecule has 0 amide bonds. The van der Waals surface area contributed by atoms with Crippen LogP contribution in [0.1, 0.15) is 26.3 Å². The molecule has 1 nitrogen and oxygen atoms in total. The van der Waals surface area contributed by atoms with E-state index in [9.17, 15) is 5.11 Å². The fourth-order valence-electron chi connectivity index (χ4n) is 1.37. The van der Waals surface area contributed by atoms with Crippen molar-refractivity contribution in [2.24, 2.45) is 0 Å². The van der Waals surface area contributed by atoms with Gasteiger partial charge in [-0.2, -0.15) is 0 Å². The van der Waals surface area contributed by atoms with Gasteiger partial charge in [0, 0.05) is 14.2 Å². The molecule has 0 aromatic carbocycles. The average molecular weight is 303 g/mol. The fourth-order valence-corrected chi connectivity index (χ4v) is 4.07. The van der Waals surface area contributed by atoms with Crippen molar-refractivity contribution in [3.8, 4) is 0 Å². The normalized spacial score (nSPS) is 13.1. The molecule has 2 aromatic rings. The summed E-state index contributed by atoms with van der Waals surface area (Å²) in [5, 5.41) is 12.2. The van der Waals surface area contributed by atoms with Gasteiger partial charge in [0.15, 0.2) is 0 Å². The quantitative estimate of drug-likeness (QED) is 0.878. The van der Waals surface area contributed by atoms with E-state index in [4.69, 9.17) is 0 Å². The summed E-state index contributed by atoms with van der Waals surface area (Å²) in [6.45, 7) is 4.16. The topological polar surface area (TPSA) is 20.2 Å². The van der Waals surface area contributed by atoms with Crippen LogP contribution in [-0.2, 0) is 0 Å². The van der Waals surface area contributed by atoms with Gasteiger partial charge in [-0.3, -0.25) is 0 Å². The lowest BCUT2D eigenvalue weighted by Gasteiger charge is -2.06. The molecule has 0 radical (unpaired) electrons. The molecule has 1 N–H and O–H groups in total. The predicted molar refractivity (Wildman–Crippen MR) is 69.9 cm³/mol. The third-order valence-electron chi connectivity index (χ3n) is 2.35. The van der Waals surface area contributed by atoms with Crippen molar-refractivity contribution in [2.45, 2.75) is 20.0 Å². The highest BCUT2D eigenvalue weighted by atomic mass is 79.9. The van der Waals surface area contributed by atoms with Crippen LogP contribution in [0.2, 0.25) is 0 Å². The Kier molecular flexibility index (Phi) is 3.30. The minimum atomic E-state index is -0.489. The molecular formula is C11H11BrOS2. The maximum absolute atomic E-state index is 10.2. The maximum atomic E-state index is 10.2. The molecule has 15 heavy (non-hydrogen) atoms. The Morgan fingerprint density at radius 2 is 2.13 bits per heavy atom. The SMILES string of the molecule is Cc1cc(C(O)c2sccc2Br)sc1C. The van der Waals surface area contributed by atoms with Crippen molar-refractivity contribution in [3.63, 3.8) is 0 Å². The van der Waals surface area contributed by atoms with Crippen LogP contribution in [0.25, 0.3) is 0 Å². The summed E-state index contributed by atoms with van der Waals surface area (Å²) in [7, 11) is 0. The molecule has 0 spiro atoms. The first kappa shape index (κ1) is 11.3. The van der Waals surface area contributed by atoms with E-state index in [-0.39, 0.29) is 0 Å². The van der Waals surface area contributed by atoms with Gasteiger partial charge < -0.3 is 5.11 Å². The van der Waals surface area contributed by atoms with Crippen molar-refractivity contribution < 1.29 is 5.11 Å². The molecule has 0 aliphatic rings. The first-order valence-corrected chi connectivity index (χ1v) is 7.06. The van der Waals surface area contributed by atoms with Crippen molar-refractivity contribution in [1.29, 1.82) is 0 Å². The maximum Gasteiger partial charge on any atom is 0.123 e. The predicted octanol–water partition coefficient (Wildman–Crippen LogP) is 4.27. The van der Waals surface area contributed by atoms with E-state index in [0.717, 1.165) is 14.2 Å². The van der Waals surface area contributed by atoms with E-state index in [1.807, 2.05) is 11.4 Å². The Balaban J connectivity index is 2.36. The van der Waals surface area contributed by atoms with Crippen LogP contribution in [-0.4, -0.2) is 5.11 Å². The molecule has 0 saturated heterocycles. The third-order valence-corrected chi connectivity index (χ3v) is 5.48. The van der Waals surface area contributed by atoms with E-state index >= 15 is 0 Å². The molecule has 0 saturated carbocycles. The summed E-state index contributed by atoms with van der Waals surface area (Å²) < 4.78 is 0.990. The highest BCUT2D eigenvalue weighted by Gasteiger charge is 2.17. The Labute approximate surface area is 106 Å². The summed E-state index contributed by atoms with van der Waals surface area (Å²) in [5.74, 6) is 0. The fraction of sp³-hybridized carbons (Fsp3) is 0.273. The van der Waals surface area contributed by atoms with Crippen LogP contribution in [0.5, 0.6) is 0 Å². The average Bonchev–Trinajstić information content (AvgIpc) is 2.74. The largest absolute Gasteiger partial charge is 0.382 e. The van der Waals surface area contributed by atoms with Gasteiger partial charge in [0.1, 0.15) is 6.10 Å². The second-order valence-electron chi connectivity index (χ2n) is 3.42. The van der Waals surface area contributed by atoms with Gasteiger partial charge in [0.2, 0.25) is 0 Å². The zero-order valence-electron chi connectivity index (χ0n) is 8.45. The molecule has 2 aromatic heterocycles. The summed E-state index contributed by atoms with van der Waals surface area (Å²) in [6, 6.07) is 4.04. The van der Waals surface area contributed by atoms with Crippen molar-refractivity contribution >= 4 is 38.6 Å². The van der Waals surface area contributed by atoms with Crippen LogP contribution >= 0.6 is 38.6 Å². The summed E-state index contributed by atoms with van der Waals surface area (Å²) in [4.78, 5) is 3.28. The lowest BCUT2D eigenvalue weighted by molar-refractivity contribution is 0.227. The number of halogens is 1. The van der Waals surface area contributed by atoms with Gasteiger partial charge in [-0.25, -0.2) is 0 Å². The minimum Gasteiger partial charge on any atom is -0.382 e. The standard InChI is InChI=1S/C11H11BrOS2/c1-6-5-9(15-7(6)2)10(13)11-8(12)3-4-14-11/h3-5,10,13H,1-2H3. The van der Waals surface area contributed by atoms with Crippen LogP contribution < -0.4 is 0 Å². The van der Waals surface area contributed by atoms with Crippen LogP contribution in [0.3, 0.4) is 0 Å². The first-order valence-electron chi connectivity index (χ1n) is 4.57. The number of aryl methyl sites for hydroxylation is 2. The highest BCUT2D eigenvalue weighted by Crippen LogP contribution is 2.36. The molecule has 0 fully saturated rings. The molecular weight excluding hydrogens is 292 g/mol. The van der Waals surface area contributed by atoms with E-state index in [0.29, 0.717) is 0 Å². The van der Waals surface area contributed by atoms with Crippen molar-refractivity contribution in [1.82, 2.24) is 0 Å². The lowest BCUT2D eigenvalue weighted by Crippen LogP contribution is -1.94. The number of hydrogen-bond acceptors (Lipinski definition) is 3. The number of thiophene rings is 2. The van der Waals surface area contributed by atoms with Crippen LogP contribution in [0, 0.1) is 13.8 Å². The zero-order valence-corrected chi connectivity index (χ0v) is 11.7. The Morgan fingerprint density at radius 1 is 1.40 bits per heavy atom. The third kappa shape index (κ3) is 2.18. The molecule has 4 heteroatoms. The smallest absolute Gasteiger partial charge is 0.123 e. The van der Waals surface area contributed by atoms with Gasteiger partial charge >= 0.3 is 0 Å². The Morgan fingerprint density at radius 3 is 2.60 bits per heavy atom. The Bertz CT molecular complexity index is 453. The van der Waals surface area contributed by atoms with Gasteiger partial charge in [-0.05, 0) is 52.9 Å². The second-order valence-corrected chi connectivity index (χ2v) is 6.51. The lowest BCUT2D eigenvalue weighted by atomic mass is 10.2. The summed E-state index contributed by atoms with van der Waals surface area (Å²) in [6.07, 6.45) is -0.489. The van der Waals surface area contributed by atoms with E-state index < -0.39 is 6.10 Å². The monoisotopic (exact) mass is 302 g/mol. The molecule has 1 atom stereocenters. The van der Waals surface area contributed by atoms with Gasteiger partial charge in [0.05, 0.1) is 4.88 Å². The second kappa shape index (κ2) is 4.37. The van der Waals surface area contributed by atoms with Crippen LogP contribution in [0.15, 0.2) is 22.0 Å². The van der Waals surface area contributed by atoms with Gasteiger partial charge in [-0.15, -0.1) is 22.7 Å². The van der Waals surface area contributed by atoms with Crippen molar-refractivity contribution in [3.05, 3.63) is 42.2 Å². The minimum absolute atomic E-state index is 0.489. The highest BCUT2D eigenvalue weighted by molar-refractivity contribution is 9.10. The summed E-state index contributed by atoms with van der Waals surface area (Å²) in [5.41, 5.74) is 1.25. The molecule has 2 heterocycles. The first-order chi connectivity index (χ1) is 7.09. The number of aliphatic hydroxyl groups is 1.